The molecule has 82 heavy (non-hydrogen) atoms. The normalized spacial score (nSPS) is 12.7. The van der Waals surface area contributed by atoms with Gasteiger partial charge in [0.05, 0.1) is 0 Å². The third kappa shape index (κ3) is 67.1. The number of carbonyl (C=O) groups is 3. The van der Waals surface area contributed by atoms with Crippen molar-refractivity contribution in [2.24, 2.45) is 0 Å². The lowest BCUT2D eigenvalue weighted by molar-refractivity contribution is -0.167. The van der Waals surface area contributed by atoms with E-state index in [1.165, 1.54) is 186 Å². The molecule has 0 aliphatic rings. The molecule has 0 N–H and O–H groups in total. The van der Waals surface area contributed by atoms with E-state index in [1.807, 2.05) is 0 Å². The lowest BCUT2D eigenvalue weighted by Crippen LogP contribution is -2.30. The molecule has 0 aromatic carbocycles. The summed E-state index contributed by atoms with van der Waals surface area (Å²) in [6, 6.07) is 0. The minimum Gasteiger partial charge on any atom is -0.462 e. The van der Waals surface area contributed by atoms with Gasteiger partial charge < -0.3 is 14.2 Å². The van der Waals surface area contributed by atoms with Crippen LogP contribution in [0.15, 0.2) is 97.2 Å². The Balaban J connectivity index is 4.36. The smallest absolute Gasteiger partial charge is 0.306 e. The molecular weight excluding hydrogens is 1010 g/mol. The van der Waals surface area contributed by atoms with Crippen LogP contribution in [-0.2, 0) is 28.6 Å². The van der Waals surface area contributed by atoms with Gasteiger partial charge in [-0.3, -0.25) is 14.4 Å². The van der Waals surface area contributed by atoms with Gasteiger partial charge >= 0.3 is 17.9 Å². The van der Waals surface area contributed by atoms with Gasteiger partial charge in [-0.1, -0.05) is 323 Å². The van der Waals surface area contributed by atoms with Gasteiger partial charge in [-0.2, -0.15) is 0 Å². The second kappa shape index (κ2) is 69.8. The second-order valence-corrected chi connectivity index (χ2v) is 23.4. The van der Waals surface area contributed by atoms with Crippen molar-refractivity contribution in [1.82, 2.24) is 0 Å². The van der Waals surface area contributed by atoms with Crippen molar-refractivity contribution in [3.63, 3.8) is 0 Å². The van der Waals surface area contributed by atoms with Crippen LogP contribution >= 0.6 is 0 Å². The Bertz CT molecular complexity index is 1590. The summed E-state index contributed by atoms with van der Waals surface area (Å²) < 4.78 is 17.0. The Kier molecular flexibility index (Phi) is 66.7. The van der Waals surface area contributed by atoms with E-state index in [4.69, 9.17) is 14.2 Å². The zero-order valence-electron chi connectivity index (χ0n) is 54.2. The van der Waals surface area contributed by atoms with Gasteiger partial charge in [0, 0.05) is 19.3 Å². The molecule has 0 aromatic heterocycles. The van der Waals surface area contributed by atoms with E-state index in [2.05, 4.69) is 118 Å². The van der Waals surface area contributed by atoms with Crippen LogP contribution in [0.4, 0.5) is 0 Å². The predicted molar refractivity (Wildman–Crippen MR) is 357 cm³/mol. The molecule has 0 aliphatic heterocycles. The SMILES string of the molecule is CC/C=C\C/C=C\C/C=C\C/C=C\C/C=C\C/C=C\C/C=C\CCCCCCCC(=O)OCC(COC(=O)CCCCCCCCCCCCCCCC)OC(=O)CCCCCCCCCCCCC/C=C\CCCCCCCCCC. The van der Waals surface area contributed by atoms with E-state index >= 15 is 0 Å². The minimum absolute atomic E-state index is 0.0806. The average Bonchev–Trinajstić information content (AvgIpc) is 3.48. The summed E-state index contributed by atoms with van der Waals surface area (Å²) in [7, 11) is 0. The minimum atomic E-state index is -0.787. The summed E-state index contributed by atoms with van der Waals surface area (Å²) in [4.78, 5) is 38.4. The third-order valence-corrected chi connectivity index (χ3v) is 15.3. The number of rotatable bonds is 64. The number of hydrogen-bond acceptors (Lipinski definition) is 6. The Labute approximate surface area is 508 Å². The zero-order valence-corrected chi connectivity index (χ0v) is 54.2. The molecule has 0 aliphatic carbocycles. The van der Waals surface area contributed by atoms with Gasteiger partial charge in [0.1, 0.15) is 13.2 Å². The van der Waals surface area contributed by atoms with Crippen molar-refractivity contribution >= 4 is 17.9 Å². The van der Waals surface area contributed by atoms with Crippen molar-refractivity contribution in [3.8, 4) is 0 Å². The van der Waals surface area contributed by atoms with E-state index < -0.39 is 6.10 Å². The molecule has 0 saturated heterocycles. The van der Waals surface area contributed by atoms with Crippen LogP contribution in [0.2, 0.25) is 0 Å². The van der Waals surface area contributed by atoms with Crippen LogP contribution in [0.25, 0.3) is 0 Å². The van der Waals surface area contributed by atoms with E-state index in [-0.39, 0.29) is 31.1 Å². The topological polar surface area (TPSA) is 78.9 Å². The van der Waals surface area contributed by atoms with Crippen LogP contribution in [0.3, 0.4) is 0 Å². The van der Waals surface area contributed by atoms with Gasteiger partial charge in [0.25, 0.3) is 0 Å². The van der Waals surface area contributed by atoms with Gasteiger partial charge in [0.15, 0.2) is 6.10 Å². The van der Waals surface area contributed by atoms with Crippen molar-refractivity contribution in [2.75, 3.05) is 13.2 Å². The molecule has 0 fully saturated rings. The first-order chi connectivity index (χ1) is 40.5. The maximum Gasteiger partial charge on any atom is 0.306 e. The predicted octanol–water partition coefficient (Wildman–Crippen LogP) is 24.4. The van der Waals surface area contributed by atoms with Crippen LogP contribution in [-0.4, -0.2) is 37.2 Å². The number of ether oxygens (including phenoxy) is 3. The second-order valence-electron chi connectivity index (χ2n) is 23.4. The molecule has 0 saturated carbocycles. The lowest BCUT2D eigenvalue weighted by atomic mass is 10.0. The molecule has 0 amide bonds. The third-order valence-electron chi connectivity index (χ3n) is 15.3. The van der Waals surface area contributed by atoms with Crippen LogP contribution in [0, 0.1) is 0 Å². The van der Waals surface area contributed by atoms with Crippen molar-refractivity contribution in [2.45, 2.75) is 354 Å². The average molecular weight is 1140 g/mol. The molecule has 472 valence electrons. The Morgan fingerprint density at radius 3 is 0.756 bits per heavy atom. The molecule has 0 aromatic rings. The van der Waals surface area contributed by atoms with Crippen molar-refractivity contribution in [3.05, 3.63) is 97.2 Å². The fraction of sp³-hybridized carbons (Fsp3) is 0.750. The van der Waals surface area contributed by atoms with Gasteiger partial charge in [-0.25, -0.2) is 0 Å². The Hall–Kier alpha value is -3.67. The first-order valence-electron chi connectivity index (χ1n) is 35.2. The molecule has 0 spiro atoms. The molecule has 6 heteroatoms. The first kappa shape index (κ1) is 78.3. The summed E-state index contributed by atoms with van der Waals surface area (Å²) in [5, 5.41) is 0. The first-order valence-corrected chi connectivity index (χ1v) is 35.2. The molecule has 0 bridgehead atoms. The Morgan fingerprint density at radius 2 is 0.476 bits per heavy atom. The monoisotopic (exact) mass is 1140 g/mol. The summed E-state index contributed by atoms with van der Waals surface area (Å²) in [5.41, 5.74) is 0. The fourth-order valence-electron chi connectivity index (χ4n) is 10.1. The molecule has 1 atom stereocenters. The van der Waals surface area contributed by atoms with E-state index in [0.717, 1.165) is 122 Å². The summed E-state index contributed by atoms with van der Waals surface area (Å²) in [5.74, 6) is -0.884. The number of allylic oxidation sites excluding steroid dienone is 16. The molecular formula is C76H132O6. The maximum absolute atomic E-state index is 13.0. The number of unbranched alkanes of at least 4 members (excludes halogenated alkanes) is 37. The highest BCUT2D eigenvalue weighted by Crippen LogP contribution is 2.17. The molecule has 0 rings (SSSR count). The number of esters is 3. The highest BCUT2D eigenvalue weighted by atomic mass is 16.6. The maximum atomic E-state index is 13.0. The number of hydrogen-bond donors (Lipinski definition) is 0. The van der Waals surface area contributed by atoms with Crippen molar-refractivity contribution in [1.29, 1.82) is 0 Å². The van der Waals surface area contributed by atoms with E-state index in [1.54, 1.807) is 0 Å². The Morgan fingerprint density at radius 1 is 0.256 bits per heavy atom. The molecule has 6 nitrogen and oxygen atoms in total. The molecule has 0 radical (unpaired) electrons. The summed E-state index contributed by atoms with van der Waals surface area (Å²) in [6.45, 7) is 6.55. The fourth-order valence-corrected chi connectivity index (χ4v) is 10.1. The van der Waals surface area contributed by atoms with Gasteiger partial charge in [-0.15, -0.1) is 0 Å². The quantitative estimate of drug-likeness (QED) is 0.0261. The highest BCUT2D eigenvalue weighted by molar-refractivity contribution is 5.71. The summed E-state index contributed by atoms with van der Waals surface area (Å²) in [6.07, 6.45) is 94.2. The molecule has 1 unspecified atom stereocenters. The zero-order chi connectivity index (χ0) is 59.2. The van der Waals surface area contributed by atoms with Gasteiger partial charge in [0.2, 0.25) is 0 Å². The highest BCUT2D eigenvalue weighted by Gasteiger charge is 2.19. The summed E-state index contributed by atoms with van der Waals surface area (Å²) >= 11 is 0. The van der Waals surface area contributed by atoms with Crippen molar-refractivity contribution < 1.29 is 28.6 Å². The van der Waals surface area contributed by atoms with Crippen LogP contribution in [0.5, 0.6) is 0 Å². The van der Waals surface area contributed by atoms with Gasteiger partial charge in [-0.05, 0) is 103 Å². The lowest BCUT2D eigenvalue weighted by Gasteiger charge is -2.18. The largest absolute Gasteiger partial charge is 0.462 e. The van der Waals surface area contributed by atoms with Crippen LogP contribution < -0.4 is 0 Å². The van der Waals surface area contributed by atoms with Crippen LogP contribution in [0.1, 0.15) is 348 Å². The van der Waals surface area contributed by atoms with E-state index in [0.29, 0.717) is 19.3 Å². The molecule has 0 heterocycles. The standard InChI is InChI=1S/C76H132O6/c1-4-7-10-13-16-19-22-25-28-30-32-34-36-37-38-39-41-42-44-46-48-51-54-57-60-63-66-69-75(78)81-72-73(71-80-74(77)68-65-62-59-56-53-50-27-24-21-18-15-12-9-6-3)82-76(79)70-67-64-61-58-55-52-49-47-45-43-40-35-33-31-29-26-23-20-17-14-11-8-5-2/h7,10,16,19,25,28,31-34,37-38,41-42,46,48,73H,4-6,8-9,11-15,17-18,20-24,26-27,29-30,35-36,39-40,43-45,47,49-72H2,1-3H3/b10-7-,19-16-,28-25-,33-31-,34-32-,38-37-,42-41-,48-46-. The van der Waals surface area contributed by atoms with E-state index in [9.17, 15) is 14.4 Å². The number of carbonyl (C=O) groups excluding carboxylic acids is 3.